The lowest BCUT2D eigenvalue weighted by Crippen LogP contribution is -2.30. The maximum Gasteiger partial charge on any atom is 0.472 e. The van der Waals surface area contributed by atoms with Crippen LogP contribution in [-0.4, -0.2) is 96.7 Å². The maximum atomic E-state index is 12.9. The summed E-state index contributed by atoms with van der Waals surface area (Å²) in [4.78, 5) is 71.7. The molecule has 0 aliphatic rings. The number of aliphatic hydroxyl groups is 1. The van der Waals surface area contributed by atoms with Crippen molar-refractivity contribution < 1.29 is 80.2 Å². The fourth-order valence-electron chi connectivity index (χ4n) is 8.61. The lowest BCUT2D eigenvalue weighted by molar-refractivity contribution is -0.161. The molecule has 0 saturated heterocycles. The van der Waals surface area contributed by atoms with Crippen molar-refractivity contribution in [2.45, 2.75) is 304 Å². The van der Waals surface area contributed by atoms with Gasteiger partial charge >= 0.3 is 39.5 Å². The van der Waals surface area contributed by atoms with Gasteiger partial charge in [-0.05, 0) is 37.5 Å². The number of hydrogen-bond donors (Lipinski definition) is 3. The van der Waals surface area contributed by atoms with Gasteiger partial charge in [-0.1, -0.05) is 234 Å². The molecule has 0 saturated carbocycles. The van der Waals surface area contributed by atoms with E-state index in [0.29, 0.717) is 31.6 Å². The number of rotatable bonds is 58. The van der Waals surface area contributed by atoms with Crippen LogP contribution in [0.5, 0.6) is 0 Å². The lowest BCUT2D eigenvalue weighted by atomic mass is 9.99. The molecule has 78 heavy (non-hydrogen) atoms. The SMILES string of the molecule is CCCCCCCCCCCCCC(=O)OC[C@H](COP(=O)(O)OC[C@@H](O)COP(=O)(O)OC[C@@H](COC(=O)CCCCCCC)OC(=O)CCCCCCCCCC(C)C)OC(=O)CCCCCCCCCCC(C)CC. The van der Waals surface area contributed by atoms with E-state index in [2.05, 4.69) is 41.5 Å². The molecule has 0 aromatic heterocycles. The van der Waals surface area contributed by atoms with Crippen molar-refractivity contribution in [3.63, 3.8) is 0 Å². The highest BCUT2D eigenvalue weighted by molar-refractivity contribution is 7.47. The van der Waals surface area contributed by atoms with E-state index in [9.17, 15) is 43.2 Å². The first kappa shape index (κ1) is 76.1. The smallest absolute Gasteiger partial charge is 0.462 e. The van der Waals surface area contributed by atoms with Gasteiger partial charge in [0.25, 0.3) is 0 Å². The van der Waals surface area contributed by atoms with Crippen LogP contribution in [0.4, 0.5) is 0 Å². The third-order valence-corrected chi connectivity index (χ3v) is 15.7. The second kappa shape index (κ2) is 51.9. The zero-order chi connectivity index (χ0) is 58.0. The van der Waals surface area contributed by atoms with E-state index < -0.39 is 97.5 Å². The number of unbranched alkanes of at least 4 members (excludes halogenated alkanes) is 27. The average Bonchev–Trinajstić information content (AvgIpc) is 3.40. The van der Waals surface area contributed by atoms with Crippen LogP contribution >= 0.6 is 15.6 Å². The lowest BCUT2D eigenvalue weighted by Gasteiger charge is -2.21. The minimum atomic E-state index is -4.94. The van der Waals surface area contributed by atoms with Gasteiger partial charge in [-0.15, -0.1) is 0 Å². The first-order valence-corrected chi connectivity index (χ1v) is 34.0. The molecule has 17 nitrogen and oxygen atoms in total. The Morgan fingerprint density at radius 2 is 0.654 bits per heavy atom. The molecule has 0 amide bonds. The molecule has 0 aliphatic carbocycles. The van der Waals surface area contributed by atoms with Crippen molar-refractivity contribution >= 4 is 39.5 Å². The predicted molar refractivity (Wildman–Crippen MR) is 308 cm³/mol. The number of phosphoric ester groups is 2. The van der Waals surface area contributed by atoms with Crippen LogP contribution in [0, 0.1) is 11.8 Å². The number of carbonyl (C=O) groups excluding carboxylic acids is 4. The summed E-state index contributed by atoms with van der Waals surface area (Å²) in [6.07, 6.45) is 32.4. The molecule has 0 radical (unpaired) electrons. The van der Waals surface area contributed by atoms with Gasteiger partial charge in [0.2, 0.25) is 0 Å². The monoisotopic (exact) mass is 1160 g/mol. The molecular weight excluding hydrogens is 1040 g/mol. The van der Waals surface area contributed by atoms with Crippen molar-refractivity contribution in [2.24, 2.45) is 11.8 Å². The number of esters is 4. The standard InChI is InChI=1S/C59H114O17P2/c1-7-10-12-14-15-16-17-18-24-30-36-42-57(62)70-48-55(76-58(63)43-37-31-25-20-19-23-29-34-40-52(6)9-3)50-74-78(67,68)72-46-53(60)45-71-77(65,66)73-49-54(47-69-56(61)41-35-27-13-11-8-2)75-59(64)44-38-32-26-21-22-28-33-39-51(4)5/h51-55,60H,7-50H2,1-6H3,(H,65,66)(H,67,68)/t52?,53-,54+,55+/m0/s1. The number of hydrogen-bond acceptors (Lipinski definition) is 15. The predicted octanol–water partition coefficient (Wildman–Crippen LogP) is 15.7. The van der Waals surface area contributed by atoms with Gasteiger partial charge in [0, 0.05) is 25.7 Å². The highest BCUT2D eigenvalue weighted by atomic mass is 31.2. The maximum absolute atomic E-state index is 12.9. The Kier molecular flexibility index (Phi) is 50.6. The number of ether oxygens (including phenoxy) is 4. The Hall–Kier alpha value is -1.94. The zero-order valence-electron chi connectivity index (χ0n) is 50.0. The van der Waals surface area contributed by atoms with E-state index >= 15 is 0 Å². The Labute approximate surface area is 473 Å². The first-order valence-electron chi connectivity index (χ1n) is 31.0. The van der Waals surface area contributed by atoms with Crippen LogP contribution in [0.15, 0.2) is 0 Å². The summed E-state index contributed by atoms with van der Waals surface area (Å²) in [5.74, 6) is -0.688. The molecule has 3 N–H and O–H groups in total. The van der Waals surface area contributed by atoms with Crippen LogP contribution in [0.25, 0.3) is 0 Å². The van der Waals surface area contributed by atoms with Crippen molar-refractivity contribution in [1.29, 1.82) is 0 Å². The van der Waals surface area contributed by atoms with E-state index in [1.807, 2.05) is 0 Å². The molecule has 0 bridgehead atoms. The molecule has 0 aliphatic heterocycles. The molecule has 19 heteroatoms. The van der Waals surface area contributed by atoms with Gasteiger partial charge in [0.1, 0.15) is 19.3 Å². The van der Waals surface area contributed by atoms with Gasteiger partial charge in [-0.2, -0.15) is 0 Å². The molecule has 0 aromatic carbocycles. The molecule has 0 rings (SSSR count). The van der Waals surface area contributed by atoms with Crippen molar-refractivity contribution in [2.75, 3.05) is 39.6 Å². The summed E-state index contributed by atoms with van der Waals surface area (Å²) in [6, 6.07) is 0. The molecule has 0 aromatic rings. The van der Waals surface area contributed by atoms with E-state index in [1.165, 1.54) is 96.3 Å². The van der Waals surface area contributed by atoms with E-state index in [0.717, 1.165) is 102 Å². The van der Waals surface area contributed by atoms with Gasteiger partial charge in [0.05, 0.1) is 26.4 Å². The normalized spacial score (nSPS) is 14.8. The van der Waals surface area contributed by atoms with Crippen molar-refractivity contribution in [3.05, 3.63) is 0 Å². The highest BCUT2D eigenvalue weighted by Crippen LogP contribution is 2.45. The fraction of sp³-hybridized carbons (Fsp3) is 0.932. The molecule has 6 atom stereocenters. The third-order valence-electron chi connectivity index (χ3n) is 13.8. The minimum Gasteiger partial charge on any atom is -0.462 e. The first-order chi connectivity index (χ1) is 37.4. The fourth-order valence-corrected chi connectivity index (χ4v) is 10.2. The summed E-state index contributed by atoms with van der Waals surface area (Å²) >= 11 is 0. The van der Waals surface area contributed by atoms with Crippen LogP contribution in [-0.2, 0) is 65.4 Å². The summed E-state index contributed by atoms with van der Waals surface area (Å²) in [7, 11) is -9.87. The Balaban J connectivity index is 5.20. The van der Waals surface area contributed by atoms with Gasteiger partial charge in [0.15, 0.2) is 12.2 Å². The summed E-state index contributed by atoms with van der Waals surface area (Å²) in [5.41, 5.74) is 0. The van der Waals surface area contributed by atoms with Crippen LogP contribution in [0.2, 0.25) is 0 Å². The van der Waals surface area contributed by atoms with E-state index in [4.69, 9.17) is 37.0 Å². The van der Waals surface area contributed by atoms with Crippen molar-refractivity contribution in [1.82, 2.24) is 0 Å². The highest BCUT2D eigenvalue weighted by Gasteiger charge is 2.30. The molecule has 0 fully saturated rings. The van der Waals surface area contributed by atoms with E-state index in [1.54, 1.807) is 0 Å². The topological polar surface area (TPSA) is 237 Å². The number of carbonyl (C=O) groups is 4. The quantitative estimate of drug-likeness (QED) is 0.0222. The van der Waals surface area contributed by atoms with E-state index in [-0.39, 0.29) is 25.7 Å². The average molecular weight is 1160 g/mol. The van der Waals surface area contributed by atoms with Crippen LogP contribution < -0.4 is 0 Å². The van der Waals surface area contributed by atoms with Gasteiger partial charge < -0.3 is 33.8 Å². The van der Waals surface area contributed by atoms with Gasteiger partial charge in [-0.25, -0.2) is 9.13 Å². The largest absolute Gasteiger partial charge is 0.472 e. The molecular formula is C59H114O17P2. The summed E-state index contributed by atoms with van der Waals surface area (Å²) in [6.45, 7) is 9.29. The summed E-state index contributed by atoms with van der Waals surface area (Å²) < 4.78 is 67.6. The molecule has 3 unspecified atom stereocenters. The third kappa shape index (κ3) is 52.2. The molecule has 462 valence electrons. The molecule has 0 heterocycles. The Morgan fingerprint density at radius 3 is 0.974 bits per heavy atom. The van der Waals surface area contributed by atoms with Crippen LogP contribution in [0.1, 0.15) is 286 Å². The van der Waals surface area contributed by atoms with Crippen molar-refractivity contribution in [3.8, 4) is 0 Å². The minimum absolute atomic E-state index is 0.102. The summed E-state index contributed by atoms with van der Waals surface area (Å²) in [5, 5.41) is 10.5. The number of phosphoric acid groups is 2. The van der Waals surface area contributed by atoms with Gasteiger partial charge in [-0.3, -0.25) is 37.3 Å². The number of aliphatic hydroxyl groups excluding tert-OH is 1. The Morgan fingerprint density at radius 1 is 0.372 bits per heavy atom. The zero-order valence-corrected chi connectivity index (χ0v) is 51.7. The second-order valence-electron chi connectivity index (χ2n) is 22.1. The van der Waals surface area contributed by atoms with Crippen LogP contribution in [0.3, 0.4) is 0 Å². The molecule has 0 spiro atoms. The second-order valence-corrected chi connectivity index (χ2v) is 25.0. The Bertz CT molecular complexity index is 1550.